The Bertz CT molecular complexity index is 316. The minimum absolute atomic E-state index is 0.293. The topological polar surface area (TPSA) is 20.2 Å². The van der Waals surface area contributed by atoms with Gasteiger partial charge in [0.25, 0.3) is 0 Å². The highest BCUT2D eigenvalue weighted by Gasteiger charge is 2.19. The van der Waals surface area contributed by atoms with Crippen LogP contribution in [-0.4, -0.2) is 5.11 Å². The largest absolute Gasteiger partial charge is 0.506 e. The molecule has 1 aliphatic rings. The van der Waals surface area contributed by atoms with Gasteiger partial charge in [-0.05, 0) is 30.4 Å². The number of halogens is 1. The van der Waals surface area contributed by atoms with E-state index in [9.17, 15) is 5.11 Å². The second-order valence-electron chi connectivity index (χ2n) is 4.01. The van der Waals surface area contributed by atoms with E-state index in [-0.39, 0.29) is 0 Å². The van der Waals surface area contributed by atoms with E-state index in [0.717, 1.165) is 5.56 Å². The maximum absolute atomic E-state index is 9.82. The number of hydrogen-bond donors (Lipinski definition) is 1. The molecule has 2 rings (SSSR count). The highest BCUT2D eigenvalue weighted by molar-refractivity contribution is 6.32. The Kier molecular flexibility index (Phi) is 2.97. The first-order chi connectivity index (χ1) is 6.79. The van der Waals surface area contributed by atoms with Crippen molar-refractivity contribution in [2.75, 3.05) is 0 Å². The fourth-order valence-corrected chi connectivity index (χ4v) is 2.46. The number of phenolic OH excluding ortho intramolecular Hbond substituents is 1. The van der Waals surface area contributed by atoms with Crippen molar-refractivity contribution in [3.8, 4) is 5.75 Å². The summed E-state index contributed by atoms with van der Waals surface area (Å²) in [4.78, 5) is 0. The van der Waals surface area contributed by atoms with Crippen molar-refractivity contribution >= 4 is 11.6 Å². The lowest BCUT2D eigenvalue weighted by Crippen LogP contribution is -2.04. The predicted octanol–water partition coefficient (Wildman–Crippen LogP) is 4.09. The van der Waals surface area contributed by atoms with Gasteiger partial charge in [-0.15, -0.1) is 0 Å². The van der Waals surface area contributed by atoms with E-state index in [4.69, 9.17) is 11.6 Å². The second kappa shape index (κ2) is 4.22. The van der Waals surface area contributed by atoms with Gasteiger partial charge >= 0.3 is 0 Å². The molecule has 76 valence electrons. The van der Waals surface area contributed by atoms with Crippen molar-refractivity contribution in [1.82, 2.24) is 0 Å². The first-order valence-electron chi connectivity index (χ1n) is 5.26. The smallest absolute Gasteiger partial charge is 0.137 e. The standard InChI is InChI=1S/C12H15ClO/c13-11-8-4-7-10(12(11)14)9-5-2-1-3-6-9/h4,7-9,14H,1-3,5-6H2. The fourth-order valence-electron chi connectivity index (χ4n) is 2.28. The Balaban J connectivity index is 2.26. The lowest BCUT2D eigenvalue weighted by molar-refractivity contribution is 0.414. The molecule has 0 saturated heterocycles. The number of hydrogen-bond acceptors (Lipinski definition) is 1. The number of benzene rings is 1. The molecule has 0 bridgehead atoms. The van der Waals surface area contributed by atoms with Crippen molar-refractivity contribution in [2.24, 2.45) is 0 Å². The maximum atomic E-state index is 9.82. The average Bonchev–Trinajstić information content (AvgIpc) is 2.23. The molecule has 0 spiro atoms. The average molecular weight is 211 g/mol. The molecule has 1 nitrogen and oxygen atoms in total. The zero-order valence-corrected chi connectivity index (χ0v) is 8.93. The summed E-state index contributed by atoms with van der Waals surface area (Å²) in [5.74, 6) is 0.809. The molecule has 0 aromatic heterocycles. The molecule has 1 aromatic carbocycles. The van der Waals surface area contributed by atoms with E-state index in [2.05, 4.69) is 0 Å². The highest BCUT2D eigenvalue weighted by atomic mass is 35.5. The summed E-state index contributed by atoms with van der Waals surface area (Å²) in [7, 11) is 0. The van der Waals surface area contributed by atoms with Crippen LogP contribution in [0.25, 0.3) is 0 Å². The third-order valence-electron chi connectivity index (χ3n) is 3.06. The van der Waals surface area contributed by atoms with Crippen LogP contribution in [-0.2, 0) is 0 Å². The Labute approximate surface area is 89.7 Å². The van der Waals surface area contributed by atoms with E-state index in [1.807, 2.05) is 12.1 Å². The van der Waals surface area contributed by atoms with E-state index in [1.165, 1.54) is 32.1 Å². The van der Waals surface area contributed by atoms with E-state index < -0.39 is 0 Å². The highest BCUT2D eigenvalue weighted by Crippen LogP contribution is 2.39. The van der Waals surface area contributed by atoms with Crippen LogP contribution in [0.15, 0.2) is 18.2 Å². The van der Waals surface area contributed by atoms with Gasteiger partial charge < -0.3 is 5.11 Å². The minimum atomic E-state index is 0.293. The third-order valence-corrected chi connectivity index (χ3v) is 3.37. The zero-order chi connectivity index (χ0) is 9.97. The summed E-state index contributed by atoms with van der Waals surface area (Å²) < 4.78 is 0. The van der Waals surface area contributed by atoms with Crippen molar-refractivity contribution in [3.05, 3.63) is 28.8 Å². The minimum Gasteiger partial charge on any atom is -0.506 e. The van der Waals surface area contributed by atoms with Crippen molar-refractivity contribution in [1.29, 1.82) is 0 Å². The summed E-state index contributed by atoms with van der Waals surface area (Å²) in [5.41, 5.74) is 1.04. The van der Waals surface area contributed by atoms with Gasteiger partial charge in [0.05, 0.1) is 5.02 Å². The first kappa shape index (κ1) is 9.85. The van der Waals surface area contributed by atoms with Gasteiger partial charge in [0, 0.05) is 0 Å². The monoisotopic (exact) mass is 210 g/mol. The number of rotatable bonds is 1. The molecule has 0 amide bonds. The van der Waals surface area contributed by atoms with Crippen LogP contribution in [0, 0.1) is 0 Å². The van der Waals surface area contributed by atoms with Gasteiger partial charge in [-0.3, -0.25) is 0 Å². The van der Waals surface area contributed by atoms with Crippen LogP contribution in [0.5, 0.6) is 5.75 Å². The lowest BCUT2D eigenvalue weighted by atomic mass is 9.84. The Morgan fingerprint density at radius 2 is 1.86 bits per heavy atom. The SMILES string of the molecule is Oc1c(Cl)cccc1C1CCCCC1. The third kappa shape index (κ3) is 1.88. The Morgan fingerprint density at radius 1 is 1.14 bits per heavy atom. The van der Waals surface area contributed by atoms with Gasteiger partial charge in [0.2, 0.25) is 0 Å². The number of aromatic hydroxyl groups is 1. The molecule has 0 radical (unpaired) electrons. The van der Waals surface area contributed by atoms with Crippen LogP contribution >= 0.6 is 11.6 Å². The molecule has 0 unspecified atom stereocenters. The summed E-state index contributed by atoms with van der Waals surface area (Å²) in [6, 6.07) is 5.66. The van der Waals surface area contributed by atoms with E-state index >= 15 is 0 Å². The molecule has 0 aliphatic heterocycles. The molecule has 1 saturated carbocycles. The molecule has 1 N–H and O–H groups in total. The maximum Gasteiger partial charge on any atom is 0.137 e. The van der Waals surface area contributed by atoms with E-state index in [1.54, 1.807) is 6.07 Å². The second-order valence-corrected chi connectivity index (χ2v) is 4.42. The molecular weight excluding hydrogens is 196 g/mol. The molecule has 1 aromatic rings. The van der Waals surface area contributed by atoms with Crippen LogP contribution < -0.4 is 0 Å². The summed E-state index contributed by atoms with van der Waals surface area (Å²) in [5, 5.41) is 10.3. The van der Waals surface area contributed by atoms with E-state index in [0.29, 0.717) is 16.7 Å². The Hall–Kier alpha value is -0.690. The molecule has 2 heteroatoms. The number of phenols is 1. The summed E-state index contributed by atoms with van der Waals surface area (Å²) >= 11 is 5.88. The molecule has 1 aliphatic carbocycles. The molecule has 0 atom stereocenters. The van der Waals surface area contributed by atoms with Gasteiger partial charge in [-0.2, -0.15) is 0 Å². The van der Waals surface area contributed by atoms with Gasteiger partial charge in [-0.25, -0.2) is 0 Å². The molecule has 1 fully saturated rings. The predicted molar refractivity (Wildman–Crippen MR) is 58.9 cm³/mol. The molecule has 0 heterocycles. The van der Waals surface area contributed by atoms with Crippen LogP contribution in [0.1, 0.15) is 43.6 Å². The Morgan fingerprint density at radius 3 is 2.57 bits per heavy atom. The van der Waals surface area contributed by atoms with Crippen LogP contribution in [0.3, 0.4) is 0 Å². The fraction of sp³-hybridized carbons (Fsp3) is 0.500. The van der Waals surface area contributed by atoms with Crippen molar-refractivity contribution in [3.63, 3.8) is 0 Å². The van der Waals surface area contributed by atoms with Gasteiger partial charge in [0.15, 0.2) is 0 Å². The van der Waals surface area contributed by atoms with Gasteiger partial charge in [0.1, 0.15) is 5.75 Å². The van der Waals surface area contributed by atoms with Crippen molar-refractivity contribution < 1.29 is 5.11 Å². The summed E-state index contributed by atoms with van der Waals surface area (Å²) in [6.45, 7) is 0. The normalized spacial score (nSPS) is 18.4. The zero-order valence-electron chi connectivity index (χ0n) is 8.17. The molecule has 14 heavy (non-hydrogen) atoms. The quantitative estimate of drug-likeness (QED) is 0.740. The van der Waals surface area contributed by atoms with Crippen molar-refractivity contribution in [2.45, 2.75) is 38.0 Å². The first-order valence-corrected chi connectivity index (χ1v) is 5.64. The lowest BCUT2D eigenvalue weighted by Gasteiger charge is -2.22. The van der Waals surface area contributed by atoms with Gasteiger partial charge in [-0.1, -0.05) is 43.0 Å². The van der Waals surface area contributed by atoms with Crippen LogP contribution in [0.4, 0.5) is 0 Å². The number of para-hydroxylation sites is 1. The summed E-state index contributed by atoms with van der Waals surface area (Å²) in [6.07, 6.45) is 6.26. The van der Waals surface area contributed by atoms with Crippen LogP contribution in [0.2, 0.25) is 5.02 Å². The molecular formula is C12H15ClO.